The summed E-state index contributed by atoms with van der Waals surface area (Å²) in [7, 11) is 5.82. The zero-order valence-corrected chi connectivity index (χ0v) is 17.5. The Labute approximate surface area is 177 Å². The van der Waals surface area contributed by atoms with Gasteiger partial charge in [-0.25, -0.2) is 9.37 Å². The van der Waals surface area contributed by atoms with Crippen LogP contribution in [-0.4, -0.2) is 50.1 Å². The van der Waals surface area contributed by atoms with Gasteiger partial charge in [-0.3, -0.25) is 9.48 Å². The van der Waals surface area contributed by atoms with Crippen molar-refractivity contribution >= 4 is 16.5 Å². The molecule has 0 fully saturated rings. The van der Waals surface area contributed by atoms with Gasteiger partial charge in [0.25, 0.3) is 5.56 Å². The molecule has 0 bridgehead atoms. The monoisotopic (exact) mass is 419 g/mol. The number of nitrogens with one attached hydrogen (secondary N) is 1. The Kier molecular flexibility index (Phi) is 4.55. The zero-order chi connectivity index (χ0) is 21.7. The van der Waals surface area contributed by atoms with Gasteiger partial charge >= 0.3 is 0 Å². The van der Waals surface area contributed by atoms with E-state index in [4.69, 9.17) is 5.10 Å². The number of nitrogens with zero attached hydrogens (tertiary/aromatic N) is 6. The van der Waals surface area contributed by atoms with Crippen molar-refractivity contribution in [3.63, 3.8) is 0 Å². The van der Waals surface area contributed by atoms with Crippen molar-refractivity contribution in [2.45, 2.75) is 12.5 Å². The van der Waals surface area contributed by atoms with Crippen molar-refractivity contribution in [1.82, 2.24) is 29.4 Å². The number of halogens is 1. The highest BCUT2D eigenvalue weighted by Crippen LogP contribution is 2.36. The molecule has 0 amide bonds. The number of aryl methyl sites for hydroxylation is 1. The Morgan fingerprint density at radius 1 is 1.23 bits per heavy atom. The van der Waals surface area contributed by atoms with E-state index in [0.29, 0.717) is 29.0 Å². The highest BCUT2D eigenvalue weighted by Gasteiger charge is 2.30. The Bertz CT molecular complexity index is 1340. The van der Waals surface area contributed by atoms with Crippen molar-refractivity contribution < 1.29 is 4.39 Å². The van der Waals surface area contributed by atoms with Gasteiger partial charge in [0.05, 0.1) is 22.7 Å². The average Bonchev–Trinajstić information content (AvgIpc) is 3.16. The number of hydrogen-bond acceptors (Lipinski definition) is 6. The second-order valence-corrected chi connectivity index (χ2v) is 8.06. The molecule has 0 radical (unpaired) electrons. The fourth-order valence-electron chi connectivity index (χ4n) is 4.18. The third-order valence-corrected chi connectivity index (χ3v) is 5.55. The van der Waals surface area contributed by atoms with E-state index in [1.807, 2.05) is 45.4 Å². The summed E-state index contributed by atoms with van der Waals surface area (Å²) in [4.78, 5) is 19.8. The number of anilines is 1. The van der Waals surface area contributed by atoms with Crippen LogP contribution in [0.4, 0.5) is 10.1 Å². The van der Waals surface area contributed by atoms with Crippen LogP contribution in [0.25, 0.3) is 16.5 Å². The third kappa shape index (κ3) is 3.27. The molecule has 0 aliphatic carbocycles. The molecule has 9 heteroatoms. The quantitative estimate of drug-likeness (QED) is 0.547. The van der Waals surface area contributed by atoms with E-state index in [2.05, 4.69) is 20.3 Å². The van der Waals surface area contributed by atoms with Gasteiger partial charge in [-0.05, 0) is 43.9 Å². The van der Waals surface area contributed by atoms with Crippen LogP contribution in [0.2, 0.25) is 0 Å². The van der Waals surface area contributed by atoms with E-state index in [1.54, 1.807) is 4.68 Å². The van der Waals surface area contributed by atoms with Crippen LogP contribution in [0.3, 0.4) is 0 Å². The smallest absolute Gasteiger partial charge is 0.279 e. The first-order chi connectivity index (χ1) is 14.9. The molecule has 0 spiro atoms. The molecule has 2 aromatic heterocycles. The van der Waals surface area contributed by atoms with Gasteiger partial charge in [-0.2, -0.15) is 14.9 Å². The lowest BCUT2D eigenvalue weighted by molar-refractivity contribution is 0.402. The molecule has 1 aliphatic rings. The van der Waals surface area contributed by atoms with Crippen molar-refractivity contribution in [3.05, 3.63) is 76.0 Å². The van der Waals surface area contributed by atoms with Gasteiger partial charge in [0.2, 0.25) is 0 Å². The van der Waals surface area contributed by atoms with Crippen LogP contribution >= 0.6 is 0 Å². The summed E-state index contributed by atoms with van der Waals surface area (Å²) >= 11 is 0. The van der Waals surface area contributed by atoms with E-state index >= 15 is 0 Å². The van der Waals surface area contributed by atoms with Crippen LogP contribution in [0, 0.1) is 5.82 Å². The van der Waals surface area contributed by atoms with Gasteiger partial charge in [0.15, 0.2) is 0 Å². The van der Waals surface area contributed by atoms with Crippen LogP contribution in [0.15, 0.2) is 47.5 Å². The summed E-state index contributed by atoms with van der Waals surface area (Å²) in [6.07, 6.45) is 1.49. The topological polar surface area (TPSA) is 80.9 Å². The molecule has 4 aromatic rings. The summed E-state index contributed by atoms with van der Waals surface area (Å²) in [6.45, 7) is 1.27. The minimum absolute atomic E-state index is 0.229. The lowest BCUT2D eigenvalue weighted by atomic mass is 9.94. The van der Waals surface area contributed by atoms with Gasteiger partial charge in [-0.1, -0.05) is 12.1 Å². The fraction of sp³-hybridized carbons (Fsp3) is 0.273. The lowest BCUT2D eigenvalue weighted by Crippen LogP contribution is -2.30. The highest BCUT2D eigenvalue weighted by molar-refractivity contribution is 5.97. The molecular weight excluding hydrogens is 397 g/mol. The molecule has 3 heterocycles. The maximum atomic E-state index is 14.3. The van der Waals surface area contributed by atoms with E-state index < -0.39 is 5.82 Å². The largest absolute Gasteiger partial charge is 0.383 e. The van der Waals surface area contributed by atoms with Gasteiger partial charge in [0.1, 0.15) is 18.0 Å². The summed E-state index contributed by atoms with van der Waals surface area (Å²) < 4.78 is 17.4. The number of rotatable bonds is 4. The number of hydrogen-bond donors (Lipinski definition) is 1. The molecule has 5 rings (SSSR count). The molecule has 1 aliphatic heterocycles. The second kappa shape index (κ2) is 7.28. The highest BCUT2D eigenvalue weighted by atomic mass is 19.1. The number of benzene rings is 2. The average molecular weight is 419 g/mol. The van der Waals surface area contributed by atoms with E-state index in [0.717, 1.165) is 17.9 Å². The van der Waals surface area contributed by atoms with E-state index in [1.165, 1.54) is 23.1 Å². The SMILES string of the molecule is CN(C)Cc1ccc(-n2nc3c4c(cc(F)cc4c2=O)NCC3c2ncnn2C)cc1. The zero-order valence-electron chi connectivity index (χ0n) is 17.5. The molecule has 8 nitrogen and oxygen atoms in total. The minimum Gasteiger partial charge on any atom is -0.383 e. The maximum absolute atomic E-state index is 14.3. The Balaban J connectivity index is 1.74. The Hall–Kier alpha value is -3.59. The van der Waals surface area contributed by atoms with Crippen LogP contribution in [-0.2, 0) is 13.6 Å². The summed E-state index contributed by atoms with van der Waals surface area (Å²) in [5.41, 5.74) is 2.64. The molecule has 31 heavy (non-hydrogen) atoms. The third-order valence-electron chi connectivity index (χ3n) is 5.55. The molecule has 0 saturated carbocycles. The van der Waals surface area contributed by atoms with Crippen molar-refractivity contribution in [2.24, 2.45) is 7.05 Å². The molecule has 1 N–H and O–H groups in total. The Morgan fingerprint density at radius 2 is 2.00 bits per heavy atom. The van der Waals surface area contributed by atoms with Crippen molar-refractivity contribution in [1.29, 1.82) is 0 Å². The van der Waals surface area contributed by atoms with Crippen LogP contribution < -0.4 is 10.9 Å². The molecule has 158 valence electrons. The van der Waals surface area contributed by atoms with E-state index in [9.17, 15) is 9.18 Å². The molecular formula is C22H22FN7O. The number of aromatic nitrogens is 5. The second-order valence-electron chi connectivity index (χ2n) is 8.06. The predicted molar refractivity (Wildman–Crippen MR) is 116 cm³/mol. The molecule has 1 unspecified atom stereocenters. The van der Waals surface area contributed by atoms with Crippen LogP contribution in [0.5, 0.6) is 0 Å². The molecule has 1 atom stereocenters. The first kappa shape index (κ1) is 19.4. The van der Waals surface area contributed by atoms with E-state index in [-0.39, 0.29) is 16.9 Å². The standard InChI is InChI=1S/C22H22FN7O/c1-28(2)11-13-4-6-15(7-5-13)30-22(31)16-8-14(23)9-18-19(16)20(27-30)17(10-24-18)21-25-12-26-29(21)3/h4-9,12,17,24H,10-11H2,1-3H3. The maximum Gasteiger partial charge on any atom is 0.279 e. The van der Waals surface area contributed by atoms with Crippen LogP contribution in [0.1, 0.15) is 23.0 Å². The van der Waals surface area contributed by atoms with Gasteiger partial charge in [0, 0.05) is 31.2 Å². The summed E-state index contributed by atoms with van der Waals surface area (Å²) in [6, 6.07) is 10.4. The molecule has 2 aromatic carbocycles. The van der Waals surface area contributed by atoms with Gasteiger partial charge in [-0.15, -0.1) is 0 Å². The van der Waals surface area contributed by atoms with Crippen molar-refractivity contribution in [2.75, 3.05) is 26.0 Å². The minimum atomic E-state index is -0.464. The Morgan fingerprint density at radius 3 is 2.68 bits per heavy atom. The summed E-state index contributed by atoms with van der Waals surface area (Å²) in [5, 5.41) is 13.1. The van der Waals surface area contributed by atoms with Crippen molar-refractivity contribution in [3.8, 4) is 5.69 Å². The normalized spacial score (nSPS) is 15.5. The fourth-order valence-corrected chi connectivity index (χ4v) is 4.18. The lowest BCUT2D eigenvalue weighted by Gasteiger charge is -2.26. The molecule has 0 saturated heterocycles. The summed E-state index contributed by atoms with van der Waals surface area (Å²) in [5.74, 6) is 0.0323. The first-order valence-electron chi connectivity index (χ1n) is 10.0. The van der Waals surface area contributed by atoms with Gasteiger partial charge < -0.3 is 10.2 Å². The predicted octanol–water partition coefficient (Wildman–Crippen LogP) is 2.27. The first-order valence-corrected chi connectivity index (χ1v) is 10.0.